The highest BCUT2D eigenvalue weighted by molar-refractivity contribution is 7.99. The van der Waals surface area contributed by atoms with Crippen molar-refractivity contribution >= 4 is 90.7 Å². The number of thioether (sulfide) groups is 1. The van der Waals surface area contributed by atoms with Crippen molar-refractivity contribution in [3.05, 3.63) is 146 Å². The summed E-state index contributed by atoms with van der Waals surface area (Å²) in [4.78, 5) is 83.4. The number of hydrogen-bond acceptors (Lipinski definition) is 16. The highest BCUT2D eigenvalue weighted by Gasteiger charge is 2.40. The van der Waals surface area contributed by atoms with Crippen LogP contribution in [0, 0.1) is 21.4 Å². The van der Waals surface area contributed by atoms with E-state index in [1.165, 1.54) is 54.3 Å². The zero-order valence-electron chi connectivity index (χ0n) is 53.1. The van der Waals surface area contributed by atoms with Crippen LogP contribution in [-0.4, -0.2) is 156 Å². The molecule has 4 fully saturated rings. The fourth-order valence-corrected chi connectivity index (χ4v) is 16.6. The van der Waals surface area contributed by atoms with Gasteiger partial charge in [-0.1, -0.05) is 68.5 Å². The summed E-state index contributed by atoms with van der Waals surface area (Å²) < 4.78 is 36.7. The van der Waals surface area contributed by atoms with Gasteiger partial charge in [-0.05, 0) is 165 Å². The number of nitrogens with one attached hydrogen (secondary N) is 4. The lowest BCUT2D eigenvalue weighted by atomic mass is 9.72. The van der Waals surface area contributed by atoms with Gasteiger partial charge in [0.25, 0.3) is 27.5 Å². The van der Waals surface area contributed by atoms with Crippen molar-refractivity contribution in [2.24, 2.45) is 11.3 Å². The first-order valence-corrected chi connectivity index (χ1v) is 35.9. The van der Waals surface area contributed by atoms with E-state index in [1.54, 1.807) is 47.1 Å². The first-order chi connectivity index (χ1) is 44.9. The highest BCUT2D eigenvalue weighted by atomic mass is 35.5. The molecule has 4 amide bonds. The number of halogens is 1. The van der Waals surface area contributed by atoms with Gasteiger partial charge < -0.3 is 29.7 Å². The van der Waals surface area contributed by atoms with E-state index >= 15 is 0 Å². The van der Waals surface area contributed by atoms with Crippen molar-refractivity contribution in [1.82, 2.24) is 39.6 Å². The van der Waals surface area contributed by atoms with Crippen LogP contribution in [0.2, 0.25) is 5.02 Å². The number of sulfonamides is 1. The molecule has 93 heavy (non-hydrogen) atoms. The maximum absolute atomic E-state index is 14.2. The molecule has 23 heteroatoms. The van der Waals surface area contributed by atoms with Crippen LogP contribution < -0.4 is 25.0 Å². The number of allylic oxidation sites excluding steroid dienone is 1. The summed E-state index contributed by atoms with van der Waals surface area (Å²) in [6.45, 7) is 14.8. The van der Waals surface area contributed by atoms with Gasteiger partial charge in [0, 0.05) is 129 Å². The lowest BCUT2D eigenvalue weighted by molar-refractivity contribution is -0.384. The van der Waals surface area contributed by atoms with Gasteiger partial charge in [0.15, 0.2) is 0 Å². The van der Waals surface area contributed by atoms with Gasteiger partial charge >= 0.3 is 0 Å². The van der Waals surface area contributed by atoms with Gasteiger partial charge in [0.2, 0.25) is 11.8 Å². The van der Waals surface area contributed by atoms with Gasteiger partial charge in [0.05, 0.1) is 21.6 Å². The van der Waals surface area contributed by atoms with Gasteiger partial charge in [-0.2, -0.15) is 0 Å². The number of benzene rings is 4. The molecule has 3 saturated heterocycles. The molecule has 4 aromatic carbocycles. The number of nitrogens with zero attached hydrogens (tertiary/aromatic N) is 7. The number of fused-ring (bicyclic) bond motifs is 2. The number of piperazine rings is 2. The van der Waals surface area contributed by atoms with Crippen molar-refractivity contribution in [1.29, 1.82) is 0 Å². The molecule has 1 unspecified atom stereocenters. The molecule has 4 aliphatic heterocycles. The lowest BCUT2D eigenvalue weighted by Gasteiger charge is -2.42. The third kappa shape index (κ3) is 15.9. The van der Waals surface area contributed by atoms with Crippen molar-refractivity contribution < 1.29 is 37.3 Å². The Labute approximate surface area is 553 Å². The molecule has 2 aromatic heterocycles. The minimum Gasteiger partial charge on any atom is -0.455 e. The number of aromatic amines is 1. The molecule has 1 atom stereocenters. The maximum Gasteiger partial charge on any atom is 0.293 e. The van der Waals surface area contributed by atoms with E-state index in [0.717, 1.165) is 149 Å². The van der Waals surface area contributed by atoms with E-state index in [9.17, 15) is 37.7 Å². The summed E-state index contributed by atoms with van der Waals surface area (Å²) >= 11 is 8.06. The smallest absolute Gasteiger partial charge is 0.293 e. The average molecular weight is 1320 g/mol. The predicted octanol–water partition coefficient (Wildman–Crippen LogP) is 11.9. The molecule has 4 N–H and O–H groups in total. The van der Waals surface area contributed by atoms with Gasteiger partial charge in [-0.15, -0.1) is 11.8 Å². The highest BCUT2D eigenvalue weighted by Crippen LogP contribution is 2.44. The molecule has 20 nitrogen and oxygen atoms in total. The summed E-state index contributed by atoms with van der Waals surface area (Å²) in [5.74, 6) is -0.0256. The summed E-state index contributed by atoms with van der Waals surface area (Å²) in [6, 6.07) is 26.3. The molecule has 6 aliphatic rings. The Hall–Kier alpha value is -7.34. The second-order valence-corrected chi connectivity index (χ2v) is 29.9. The molecule has 0 radical (unpaired) electrons. The number of anilines is 2. The maximum atomic E-state index is 14.2. The van der Waals surface area contributed by atoms with Crippen LogP contribution in [0.15, 0.2) is 119 Å². The number of carbonyl (C=O) groups excluding carboxylic acids is 4. The fraction of sp³-hybridized carbons (Fsp3) is 0.471. The number of rotatable bonds is 24. The predicted molar refractivity (Wildman–Crippen MR) is 364 cm³/mol. The summed E-state index contributed by atoms with van der Waals surface area (Å²) in [5.41, 5.74) is 7.19. The Morgan fingerprint density at radius 1 is 0.849 bits per heavy atom. The Balaban J connectivity index is 0.585. The molecule has 0 bridgehead atoms. The standard InChI is InChI=1S/C70H84ClN11O9S2/c1-70(2)27-25-50(58(42-70)48-13-15-51(71)16-14-48)45-78-32-36-80(37-33-78)53-19-21-57(63(40-53)91-54-39-49-26-28-72-66(49)74-44-54)67(84)76-93(89,90)55-20-22-60(62(41-55)82(87)88)73-43-47-11-17-52(18-12-47)79-34-30-77(31-35-79)29-6-4-3-5-7-38-92-64-10-8-9-56-59(64)46-81(69(56)86)61-23-24-65(83)75-68(61)85/h8-10,13-16,19-22,26,28,39-41,44,47,52,61,73H,3-7,11-12,17-18,23-25,27,29-38,42-43,45-46H2,1-2H3,(H,72,74)(H,76,84)(H,75,83,85)/t47-,52-,61?. The molecular formula is C70H84ClN11O9S2. The molecule has 492 valence electrons. The topological polar surface area (TPSA) is 236 Å². The fourth-order valence-electron chi connectivity index (χ4n) is 14.4. The van der Waals surface area contributed by atoms with Crippen molar-refractivity contribution in [2.75, 3.05) is 88.0 Å². The first kappa shape index (κ1) is 65.7. The Bertz CT molecular complexity index is 3890. The van der Waals surface area contributed by atoms with E-state index in [2.05, 4.69) is 77.0 Å². The number of ether oxygens (including phenoxy) is 1. The number of unbranched alkanes of at least 4 members (excludes halogenated alkanes) is 4. The second kappa shape index (κ2) is 29.1. The van der Waals surface area contributed by atoms with Crippen LogP contribution >= 0.6 is 23.4 Å². The van der Waals surface area contributed by atoms with Crippen molar-refractivity contribution in [3.8, 4) is 11.5 Å². The minimum absolute atomic E-state index is 0.0389. The van der Waals surface area contributed by atoms with Crippen LogP contribution in [0.4, 0.5) is 17.1 Å². The van der Waals surface area contributed by atoms with Crippen molar-refractivity contribution in [2.45, 2.75) is 132 Å². The van der Waals surface area contributed by atoms with Gasteiger partial charge in [-0.3, -0.25) is 44.4 Å². The summed E-state index contributed by atoms with van der Waals surface area (Å²) in [7, 11) is -4.61. The number of aromatic nitrogens is 2. The number of pyridine rings is 1. The Morgan fingerprint density at radius 3 is 2.39 bits per heavy atom. The second-order valence-electron chi connectivity index (χ2n) is 26.7. The third-order valence-electron chi connectivity index (χ3n) is 19.8. The number of nitro benzene ring substituents is 1. The number of carbonyl (C=O) groups is 4. The molecule has 6 aromatic rings. The number of amides is 4. The Kier molecular flexibility index (Phi) is 20.6. The summed E-state index contributed by atoms with van der Waals surface area (Å²) in [5, 5.41) is 19.7. The third-order valence-corrected chi connectivity index (χ3v) is 22.5. The number of H-pyrrole nitrogens is 1. The number of piperidine rings is 1. The quantitative estimate of drug-likeness (QED) is 0.0145. The molecular weight excluding hydrogens is 1240 g/mol. The molecule has 12 rings (SSSR count). The largest absolute Gasteiger partial charge is 0.455 e. The molecule has 2 aliphatic carbocycles. The number of nitro groups is 1. The van der Waals surface area contributed by atoms with Crippen molar-refractivity contribution in [3.63, 3.8) is 0 Å². The molecule has 6 heterocycles. The number of imide groups is 1. The zero-order chi connectivity index (χ0) is 64.8. The number of hydrogen-bond donors (Lipinski definition) is 4. The summed E-state index contributed by atoms with van der Waals surface area (Å²) in [6.07, 6.45) is 16.9. The van der Waals surface area contributed by atoms with Crippen LogP contribution in [0.1, 0.15) is 136 Å². The van der Waals surface area contributed by atoms with E-state index in [1.807, 2.05) is 30.3 Å². The van der Waals surface area contributed by atoms with Crippen LogP contribution in [0.5, 0.6) is 11.5 Å². The SMILES string of the molecule is CC1(C)CCC(CN2CCN(c3ccc(C(=O)NS(=O)(=O)c4ccc(NC[C@H]5CC[C@H](N6CCN(CCCCCCCSc7cccc8c7CN(C7CCC(=O)NC7=O)C8=O)CC6)CC5)c([N+](=O)[O-])c4)c(Oc4cnc5[nH]ccc5c4)c3)CC2)=C(c2ccc(Cl)cc2)C1. The van der Waals surface area contributed by atoms with E-state index in [4.69, 9.17) is 16.3 Å². The van der Waals surface area contributed by atoms with E-state index in [0.29, 0.717) is 61.5 Å². The van der Waals surface area contributed by atoms with Gasteiger partial charge in [-0.25, -0.2) is 18.1 Å². The monoisotopic (exact) mass is 1320 g/mol. The first-order valence-electron chi connectivity index (χ1n) is 33.0. The average Bonchev–Trinajstić information content (AvgIpc) is 1.42. The molecule has 0 spiro atoms. The van der Waals surface area contributed by atoms with E-state index in [-0.39, 0.29) is 46.6 Å². The normalized spacial score (nSPS) is 20.8. The molecule has 1 saturated carbocycles. The Morgan fingerprint density at radius 2 is 1.61 bits per heavy atom. The van der Waals surface area contributed by atoms with Crippen LogP contribution in [-0.2, 0) is 26.2 Å². The van der Waals surface area contributed by atoms with E-state index < -0.39 is 37.5 Å². The van der Waals surface area contributed by atoms with Crippen LogP contribution in [0.25, 0.3) is 16.6 Å². The van der Waals surface area contributed by atoms with Gasteiger partial charge in [0.1, 0.15) is 28.9 Å². The minimum atomic E-state index is -4.61. The lowest BCUT2D eigenvalue weighted by Crippen LogP contribution is -2.52. The zero-order valence-corrected chi connectivity index (χ0v) is 55.5. The van der Waals surface area contributed by atoms with Crippen LogP contribution in [0.3, 0.4) is 0 Å².